The smallest absolute Gasteiger partial charge is 0.167 e. The van der Waals surface area contributed by atoms with E-state index < -0.39 is 5.82 Å². The van der Waals surface area contributed by atoms with Crippen LogP contribution in [0.15, 0.2) is 42.5 Å². The van der Waals surface area contributed by atoms with Crippen LogP contribution in [0.2, 0.25) is 5.02 Å². The first-order chi connectivity index (χ1) is 9.60. The van der Waals surface area contributed by atoms with E-state index in [4.69, 9.17) is 17.3 Å². The van der Waals surface area contributed by atoms with Gasteiger partial charge in [-0.2, -0.15) is 0 Å². The quantitative estimate of drug-likeness (QED) is 0.858. The summed E-state index contributed by atoms with van der Waals surface area (Å²) in [5.74, 6) is -0.548. The standard InChI is InChI=1S/C16H15ClFNO/c17-14-5-6-15(18)13(9-14)10-16(20)12-3-1-11(2-4-12)7-8-19/h1-6,9H,7-8,10,19H2. The molecule has 2 aromatic rings. The predicted octanol–water partition coefficient (Wildman–Crippen LogP) is 3.41. The summed E-state index contributed by atoms with van der Waals surface area (Å²) in [6.07, 6.45) is 0.778. The highest BCUT2D eigenvalue weighted by molar-refractivity contribution is 6.30. The van der Waals surface area contributed by atoms with Gasteiger partial charge in [0, 0.05) is 17.0 Å². The summed E-state index contributed by atoms with van der Waals surface area (Å²) in [5.41, 5.74) is 7.43. The molecule has 0 aliphatic heterocycles. The lowest BCUT2D eigenvalue weighted by Crippen LogP contribution is -2.06. The summed E-state index contributed by atoms with van der Waals surface area (Å²) in [6, 6.07) is 11.5. The first kappa shape index (κ1) is 14.7. The lowest BCUT2D eigenvalue weighted by molar-refractivity contribution is 0.0992. The van der Waals surface area contributed by atoms with Gasteiger partial charge in [0.05, 0.1) is 0 Å². The molecule has 0 unspecified atom stereocenters. The third-order valence-corrected chi connectivity index (χ3v) is 3.30. The van der Waals surface area contributed by atoms with Crippen molar-refractivity contribution in [2.24, 2.45) is 5.73 Å². The molecule has 4 heteroatoms. The summed E-state index contributed by atoms with van der Waals surface area (Å²) in [4.78, 5) is 12.1. The van der Waals surface area contributed by atoms with Crippen molar-refractivity contribution in [3.63, 3.8) is 0 Å². The highest BCUT2D eigenvalue weighted by Crippen LogP contribution is 2.17. The molecular formula is C16H15ClFNO. The van der Waals surface area contributed by atoms with Gasteiger partial charge >= 0.3 is 0 Å². The van der Waals surface area contributed by atoms with Gasteiger partial charge in [0.25, 0.3) is 0 Å². The van der Waals surface area contributed by atoms with Crippen LogP contribution in [0.1, 0.15) is 21.5 Å². The average Bonchev–Trinajstić information content (AvgIpc) is 2.44. The molecule has 0 spiro atoms. The van der Waals surface area contributed by atoms with Crippen molar-refractivity contribution >= 4 is 17.4 Å². The Bertz CT molecular complexity index is 610. The minimum absolute atomic E-state index is 0.00261. The molecule has 104 valence electrons. The molecule has 2 aromatic carbocycles. The van der Waals surface area contributed by atoms with Crippen molar-refractivity contribution in [3.05, 3.63) is 70.0 Å². The van der Waals surface area contributed by atoms with Crippen LogP contribution in [0.4, 0.5) is 4.39 Å². The van der Waals surface area contributed by atoms with Crippen molar-refractivity contribution in [1.29, 1.82) is 0 Å². The summed E-state index contributed by atoms with van der Waals surface area (Å²) in [5, 5.41) is 0.424. The van der Waals surface area contributed by atoms with Crippen LogP contribution in [0.3, 0.4) is 0 Å². The highest BCUT2D eigenvalue weighted by atomic mass is 35.5. The van der Waals surface area contributed by atoms with Crippen molar-refractivity contribution in [3.8, 4) is 0 Å². The Morgan fingerprint density at radius 3 is 2.50 bits per heavy atom. The van der Waals surface area contributed by atoms with E-state index >= 15 is 0 Å². The Labute approximate surface area is 122 Å². The molecule has 0 saturated heterocycles. The molecule has 0 aromatic heterocycles. The minimum atomic E-state index is -0.414. The number of hydrogen-bond acceptors (Lipinski definition) is 2. The maximum absolute atomic E-state index is 13.6. The average molecular weight is 292 g/mol. The van der Waals surface area contributed by atoms with Gasteiger partial charge in [-0.3, -0.25) is 4.79 Å². The molecule has 0 radical (unpaired) electrons. The van der Waals surface area contributed by atoms with Gasteiger partial charge in [0.2, 0.25) is 0 Å². The summed E-state index contributed by atoms with van der Waals surface area (Å²) >= 11 is 5.81. The van der Waals surface area contributed by atoms with Gasteiger partial charge in [0.1, 0.15) is 5.82 Å². The number of benzene rings is 2. The number of nitrogens with two attached hydrogens (primary N) is 1. The molecule has 2 N–H and O–H groups in total. The second-order valence-electron chi connectivity index (χ2n) is 4.57. The fraction of sp³-hybridized carbons (Fsp3) is 0.188. The minimum Gasteiger partial charge on any atom is -0.330 e. The summed E-state index contributed by atoms with van der Waals surface area (Å²) in [6.45, 7) is 0.570. The van der Waals surface area contributed by atoms with Crippen LogP contribution < -0.4 is 5.73 Å². The normalized spacial score (nSPS) is 10.6. The Kier molecular flexibility index (Phi) is 4.88. The summed E-state index contributed by atoms with van der Waals surface area (Å²) in [7, 11) is 0. The first-order valence-corrected chi connectivity index (χ1v) is 6.74. The molecule has 0 amide bonds. The van der Waals surface area contributed by atoms with E-state index in [-0.39, 0.29) is 12.2 Å². The van der Waals surface area contributed by atoms with Gasteiger partial charge in [-0.25, -0.2) is 4.39 Å². The number of carbonyl (C=O) groups excluding carboxylic acids is 1. The van der Waals surface area contributed by atoms with Crippen LogP contribution in [-0.2, 0) is 12.8 Å². The number of halogens is 2. The maximum atomic E-state index is 13.6. The van der Waals surface area contributed by atoms with E-state index in [1.807, 2.05) is 12.1 Å². The second-order valence-corrected chi connectivity index (χ2v) is 5.01. The Morgan fingerprint density at radius 2 is 1.85 bits per heavy atom. The van der Waals surface area contributed by atoms with Crippen molar-refractivity contribution in [2.75, 3.05) is 6.54 Å². The third kappa shape index (κ3) is 3.65. The molecular weight excluding hydrogens is 277 g/mol. The van der Waals surface area contributed by atoms with E-state index in [0.29, 0.717) is 22.7 Å². The van der Waals surface area contributed by atoms with Gasteiger partial charge in [-0.05, 0) is 42.3 Å². The number of carbonyl (C=O) groups is 1. The molecule has 0 aliphatic carbocycles. The molecule has 0 atom stereocenters. The third-order valence-electron chi connectivity index (χ3n) is 3.07. The van der Waals surface area contributed by atoms with Gasteiger partial charge < -0.3 is 5.73 Å². The van der Waals surface area contributed by atoms with E-state index in [1.165, 1.54) is 18.2 Å². The van der Waals surface area contributed by atoms with Crippen molar-refractivity contribution < 1.29 is 9.18 Å². The van der Waals surface area contributed by atoms with Crippen LogP contribution in [-0.4, -0.2) is 12.3 Å². The van der Waals surface area contributed by atoms with Gasteiger partial charge in [0.15, 0.2) is 5.78 Å². The van der Waals surface area contributed by atoms with Crippen LogP contribution >= 0.6 is 11.6 Å². The topological polar surface area (TPSA) is 43.1 Å². The number of rotatable bonds is 5. The maximum Gasteiger partial charge on any atom is 0.167 e. The van der Waals surface area contributed by atoms with Crippen LogP contribution in [0.5, 0.6) is 0 Å². The van der Waals surface area contributed by atoms with E-state index in [9.17, 15) is 9.18 Å². The molecule has 2 rings (SSSR count). The second kappa shape index (κ2) is 6.64. The largest absolute Gasteiger partial charge is 0.330 e. The van der Waals surface area contributed by atoms with Crippen LogP contribution in [0, 0.1) is 5.82 Å². The fourth-order valence-electron chi connectivity index (χ4n) is 1.98. The Morgan fingerprint density at radius 1 is 1.15 bits per heavy atom. The van der Waals surface area contributed by atoms with E-state index in [0.717, 1.165) is 12.0 Å². The zero-order chi connectivity index (χ0) is 14.5. The van der Waals surface area contributed by atoms with E-state index in [2.05, 4.69) is 0 Å². The number of Topliss-reactive ketones (excluding diaryl/α,β-unsaturated/α-hetero) is 1. The predicted molar refractivity (Wildman–Crippen MR) is 78.6 cm³/mol. The monoisotopic (exact) mass is 291 g/mol. The zero-order valence-corrected chi connectivity index (χ0v) is 11.7. The molecule has 0 heterocycles. The van der Waals surface area contributed by atoms with Crippen molar-refractivity contribution in [1.82, 2.24) is 0 Å². The highest BCUT2D eigenvalue weighted by Gasteiger charge is 2.11. The lowest BCUT2D eigenvalue weighted by atomic mass is 10.0. The summed E-state index contributed by atoms with van der Waals surface area (Å²) < 4.78 is 13.6. The lowest BCUT2D eigenvalue weighted by Gasteiger charge is -2.05. The molecule has 2 nitrogen and oxygen atoms in total. The van der Waals surface area contributed by atoms with Crippen LogP contribution in [0.25, 0.3) is 0 Å². The Hall–Kier alpha value is -1.71. The SMILES string of the molecule is NCCc1ccc(C(=O)Cc2cc(Cl)ccc2F)cc1. The number of ketones is 1. The molecule has 0 saturated carbocycles. The molecule has 0 bridgehead atoms. The van der Waals surface area contributed by atoms with Gasteiger partial charge in [-0.15, -0.1) is 0 Å². The van der Waals surface area contributed by atoms with Gasteiger partial charge in [-0.1, -0.05) is 35.9 Å². The Balaban J connectivity index is 2.13. The first-order valence-electron chi connectivity index (χ1n) is 6.36. The van der Waals surface area contributed by atoms with Crippen molar-refractivity contribution in [2.45, 2.75) is 12.8 Å². The number of hydrogen-bond donors (Lipinski definition) is 1. The fourth-order valence-corrected chi connectivity index (χ4v) is 2.17. The molecule has 20 heavy (non-hydrogen) atoms. The molecule has 0 fully saturated rings. The zero-order valence-electron chi connectivity index (χ0n) is 10.9. The van der Waals surface area contributed by atoms with E-state index in [1.54, 1.807) is 12.1 Å². The molecule has 0 aliphatic rings.